The molecule has 0 aliphatic rings. The maximum atomic E-state index is 11.3. The van der Waals surface area contributed by atoms with Crippen molar-refractivity contribution in [1.29, 1.82) is 0 Å². The van der Waals surface area contributed by atoms with Crippen molar-refractivity contribution in [2.24, 2.45) is 5.14 Å². The molecule has 0 fully saturated rings. The highest BCUT2D eigenvalue weighted by Gasteiger charge is 2.12. The predicted molar refractivity (Wildman–Crippen MR) is 74.5 cm³/mol. The first kappa shape index (κ1) is 13.9. The van der Waals surface area contributed by atoms with Crippen LogP contribution in [0.2, 0.25) is 0 Å². The molecule has 0 saturated carbocycles. The summed E-state index contributed by atoms with van der Waals surface area (Å²) in [6.07, 6.45) is 0. The van der Waals surface area contributed by atoms with Crippen LogP contribution in [0.4, 0.5) is 5.13 Å². The number of hydrogen-bond donors (Lipinski definition) is 2. The molecule has 6 nitrogen and oxygen atoms in total. The van der Waals surface area contributed by atoms with Crippen LogP contribution in [0.25, 0.3) is 0 Å². The third kappa shape index (κ3) is 3.49. The fourth-order valence-electron chi connectivity index (χ4n) is 1.59. The van der Waals surface area contributed by atoms with Crippen LogP contribution in [0.5, 0.6) is 0 Å². The Kier molecular flexibility index (Phi) is 3.83. The van der Waals surface area contributed by atoms with Crippen LogP contribution >= 0.6 is 11.5 Å². The smallest absolute Gasteiger partial charge is 0.238 e. The summed E-state index contributed by atoms with van der Waals surface area (Å²) in [4.78, 5) is 4.30. The first-order chi connectivity index (χ1) is 8.86. The average Bonchev–Trinajstić information content (AvgIpc) is 2.74. The van der Waals surface area contributed by atoms with Crippen molar-refractivity contribution in [3.8, 4) is 0 Å². The quantitative estimate of drug-likeness (QED) is 0.894. The van der Waals surface area contributed by atoms with E-state index in [0.29, 0.717) is 11.0 Å². The largest absolute Gasteiger partial charge is 0.354 e. The lowest BCUT2D eigenvalue weighted by molar-refractivity contribution is 0.597. The van der Waals surface area contributed by atoms with Gasteiger partial charge in [-0.05, 0) is 31.5 Å². The number of aryl methyl sites for hydroxylation is 1. The number of nitrogens with zero attached hydrogens (tertiary/aromatic N) is 2. The molecule has 102 valence electrons. The zero-order chi connectivity index (χ0) is 14.0. The summed E-state index contributed by atoms with van der Waals surface area (Å²) in [5, 5.41) is 8.98. The van der Waals surface area contributed by atoms with Gasteiger partial charge in [-0.25, -0.2) is 18.5 Å². The third-order valence-electron chi connectivity index (χ3n) is 2.55. The lowest BCUT2D eigenvalue weighted by Gasteiger charge is -2.13. The number of sulfonamides is 1. The van der Waals surface area contributed by atoms with E-state index in [4.69, 9.17) is 5.14 Å². The van der Waals surface area contributed by atoms with E-state index in [1.165, 1.54) is 17.6 Å². The molecule has 0 saturated heterocycles. The molecular weight excluding hydrogens is 284 g/mol. The number of rotatable bonds is 4. The van der Waals surface area contributed by atoms with Gasteiger partial charge < -0.3 is 5.32 Å². The monoisotopic (exact) mass is 298 g/mol. The van der Waals surface area contributed by atoms with E-state index in [1.807, 2.05) is 19.9 Å². The van der Waals surface area contributed by atoms with Gasteiger partial charge >= 0.3 is 0 Å². The van der Waals surface area contributed by atoms with E-state index in [9.17, 15) is 8.42 Å². The molecule has 1 atom stereocenters. The predicted octanol–water partition coefficient (Wildman–Crippen LogP) is 1.67. The van der Waals surface area contributed by atoms with Crippen LogP contribution in [-0.4, -0.2) is 17.8 Å². The molecule has 2 aromatic rings. The summed E-state index contributed by atoms with van der Waals surface area (Å²) < 4.78 is 26.7. The van der Waals surface area contributed by atoms with Crippen molar-refractivity contribution >= 4 is 26.7 Å². The standard InChI is InChI=1S/C11H14N4O2S2/c1-7(13-11-14-8(2)15-18-11)9-4-3-5-10(6-9)19(12,16)17/h3-7H,1-2H3,(H2,12,16,17)(H,13,14,15)/t7-/m0/s1. The fraction of sp³-hybridized carbons (Fsp3) is 0.273. The number of nitrogens with one attached hydrogen (secondary N) is 1. The molecule has 8 heteroatoms. The summed E-state index contributed by atoms with van der Waals surface area (Å²) in [6.45, 7) is 3.73. The second-order valence-corrected chi connectivity index (χ2v) is 6.44. The zero-order valence-electron chi connectivity index (χ0n) is 10.5. The molecule has 0 aliphatic heterocycles. The molecule has 0 unspecified atom stereocenters. The molecule has 1 aromatic carbocycles. The Hall–Kier alpha value is -1.51. The van der Waals surface area contributed by atoms with Gasteiger partial charge in [0.25, 0.3) is 0 Å². The summed E-state index contributed by atoms with van der Waals surface area (Å²) >= 11 is 1.27. The van der Waals surface area contributed by atoms with Crippen LogP contribution in [0.3, 0.4) is 0 Å². The molecule has 0 radical (unpaired) electrons. The Morgan fingerprint density at radius 2 is 2.16 bits per heavy atom. The Morgan fingerprint density at radius 3 is 2.74 bits per heavy atom. The average molecular weight is 298 g/mol. The van der Waals surface area contributed by atoms with E-state index in [0.717, 1.165) is 5.56 Å². The Bertz CT molecular complexity index is 682. The highest BCUT2D eigenvalue weighted by Crippen LogP contribution is 2.22. The molecule has 0 bridgehead atoms. The summed E-state index contributed by atoms with van der Waals surface area (Å²) in [5.74, 6) is 0.706. The minimum atomic E-state index is -3.68. The van der Waals surface area contributed by atoms with Gasteiger partial charge in [-0.2, -0.15) is 4.37 Å². The molecule has 1 heterocycles. The fourth-order valence-corrected chi connectivity index (χ4v) is 2.82. The maximum absolute atomic E-state index is 11.3. The van der Waals surface area contributed by atoms with Gasteiger partial charge in [-0.15, -0.1) is 0 Å². The van der Waals surface area contributed by atoms with Crippen LogP contribution in [0.15, 0.2) is 29.2 Å². The zero-order valence-corrected chi connectivity index (χ0v) is 12.1. The highest BCUT2D eigenvalue weighted by atomic mass is 32.2. The Labute approximate surface area is 115 Å². The SMILES string of the molecule is Cc1nsc(N[C@@H](C)c2cccc(S(N)(=O)=O)c2)n1. The van der Waals surface area contributed by atoms with Gasteiger partial charge in [0.1, 0.15) is 5.82 Å². The number of primary sulfonamides is 1. The first-order valence-corrected chi connectivity index (χ1v) is 7.88. The van der Waals surface area contributed by atoms with Crippen molar-refractivity contribution in [3.05, 3.63) is 35.7 Å². The summed E-state index contributed by atoms with van der Waals surface area (Å²) in [5.41, 5.74) is 0.819. The lowest BCUT2D eigenvalue weighted by Crippen LogP contribution is -2.13. The van der Waals surface area contributed by atoms with Crippen molar-refractivity contribution in [3.63, 3.8) is 0 Å². The number of nitrogens with two attached hydrogens (primary N) is 1. The minimum Gasteiger partial charge on any atom is -0.354 e. The number of aromatic nitrogens is 2. The van der Waals surface area contributed by atoms with Gasteiger partial charge in [0.2, 0.25) is 15.2 Å². The van der Waals surface area contributed by atoms with Gasteiger partial charge in [0.15, 0.2) is 0 Å². The molecule has 0 aliphatic carbocycles. The molecule has 2 rings (SSSR count). The van der Waals surface area contributed by atoms with Crippen molar-refractivity contribution in [2.45, 2.75) is 24.8 Å². The minimum absolute atomic E-state index is 0.0888. The van der Waals surface area contributed by atoms with Crippen molar-refractivity contribution < 1.29 is 8.42 Å². The van der Waals surface area contributed by atoms with Gasteiger partial charge in [0, 0.05) is 11.5 Å². The number of benzene rings is 1. The second kappa shape index (κ2) is 5.24. The lowest BCUT2D eigenvalue weighted by atomic mass is 10.1. The second-order valence-electron chi connectivity index (χ2n) is 4.13. The van der Waals surface area contributed by atoms with Crippen LogP contribution in [-0.2, 0) is 10.0 Å². The number of anilines is 1. The van der Waals surface area contributed by atoms with E-state index < -0.39 is 10.0 Å². The van der Waals surface area contributed by atoms with E-state index in [-0.39, 0.29) is 10.9 Å². The highest BCUT2D eigenvalue weighted by molar-refractivity contribution is 7.89. The van der Waals surface area contributed by atoms with Gasteiger partial charge in [-0.3, -0.25) is 0 Å². The Balaban J connectivity index is 2.22. The normalized spacial score (nSPS) is 13.2. The Morgan fingerprint density at radius 1 is 1.42 bits per heavy atom. The van der Waals surface area contributed by atoms with E-state index >= 15 is 0 Å². The van der Waals surface area contributed by atoms with Crippen molar-refractivity contribution in [2.75, 3.05) is 5.32 Å². The molecule has 0 spiro atoms. The van der Waals surface area contributed by atoms with Crippen LogP contribution in [0.1, 0.15) is 24.4 Å². The molecular formula is C11H14N4O2S2. The third-order valence-corrected chi connectivity index (χ3v) is 4.20. The topological polar surface area (TPSA) is 98.0 Å². The van der Waals surface area contributed by atoms with Crippen molar-refractivity contribution in [1.82, 2.24) is 9.36 Å². The maximum Gasteiger partial charge on any atom is 0.238 e. The molecule has 0 amide bonds. The van der Waals surface area contributed by atoms with E-state index in [1.54, 1.807) is 12.1 Å². The first-order valence-electron chi connectivity index (χ1n) is 5.56. The summed E-state index contributed by atoms with van der Waals surface area (Å²) in [6, 6.07) is 6.44. The van der Waals surface area contributed by atoms with Crippen LogP contribution in [0, 0.1) is 6.92 Å². The molecule has 1 aromatic heterocycles. The summed E-state index contributed by atoms with van der Waals surface area (Å²) in [7, 11) is -3.68. The van der Waals surface area contributed by atoms with Gasteiger partial charge in [-0.1, -0.05) is 12.1 Å². The molecule has 19 heavy (non-hydrogen) atoms. The van der Waals surface area contributed by atoms with E-state index in [2.05, 4.69) is 14.7 Å². The number of hydrogen-bond acceptors (Lipinski definition) is 6. The van der Waals surface area contributed by atoms with Gasteiger partial charge in [0.05, 0.1) is 10.9 Å². The van der Waals surface area contributed by atoms with Crippen LogP contribution < -0.4 is 10.5 Å². The molecule has 3 N–H and O–H groups in total.